The topological polar surface area (TPSA) is 95.1 Å². The van der Waals surface area contributed by atoms with E-state index in [1.165, 1.54) is 0 Å². The fraction of sp³-hybridized carbons (Fsp3) is 0.115. The summed E-state index contributed by atoms with van der Waals surface area (Å²) in [7, 11) is 1.64. The molecule has 0 aliphatic rings. The Labute approximate surface area is 204 Å². The van der Waals surface area contributed by atoms with E-state index in [0.717, 1.165) is 27.0 Å². The molecule has 0 aliphatic heterocycles. The zero-order chi connectivity index (χ0) is 23.7. The van der Waals surface area contributed by atoms with Crippen LogP contribution >= 0.6 is 15.9 Å². The molecule has 5 aromatic rings. The molecule has 0 atom stereocenters. The minimum Gasteiger partial charge on any atom is -0.497 e. The summed E-state index contributed by atoms with van der Waals surface area (Å²) in [4.78, 5) is 22.9. The van der Waals surface area contributed by atoms with Crippen LogP contribution in [0.5, 0.6) is 5.75 Å². The van der Waals surface area contributed by atoms with E-state index in [1.807, 2.05) is 72.8 Å². The van der Waals surface area contributed by atoms with Gasteiger partial charge in [-0.1, -0.05) is 40.2 Å². The van der Waals surface area contributed by atoms with Crippen LogP contribution in [-0.2, 0) is 6.42 Å². The van der Waals surface area contributed by atoms with Crippen LogP contribution in [0.15, 0.2) is 77.3 Å². The SMILES string of the molecule is COc1ccc(CCNC(=O)c2c(N)n(-c3ccc(Br)cc3)c3nc4ccccc4nc23)cc1. The van der Waals surface area contributed by atoms with Gasteiger partial charge in [-0.05, 0) is 60.5 Å². The third-order valence-electron chi connectivity index (χ3n) is 5.67. The largest absolute Gasteiger partial charge is 0.497 e. The van der Waals surface area contributed by atoms with Gasteiger partial charge in [-0.3, -0.25) is 9.36 Å². The van der Waals surface area contributed by atoms with Crippen molar-refractivity contribution in [3.8, 4) is 11.4 Å². The molecule has 2 aromatic heterocycles. The lowest BCUT2D eigenvalue weighted by Gasteiger charge is -2.09. The maximum atomic E-state index is 13.3. The number of benzene rings is 3. The van der Waals surface area contributed by atoms with Crippen molar-refractivity contribution in [3.05, 3.63) is 88.4 Å². The Bertz CT molecular complexity index is 1490. The van der Waals surface area contributed by atoms with Crippen molar-refractivity contribution in [2.24, 2.45) is 0 Å². The number of rotatable bonds is 6. The number of nitrogens with one attached hydrogen (secondary N) is 1. The molecule has 0 unspecified atom stereocenters. The molecule has 3 aromatic carbocycles. The van der Waals surface area contributed by atoms with Gasteiger partial charge in [0.2, 0.25) is 0 Å². The van der Waals surface area contributed by atoms with Crippen LogP contribution in [0.2, 0.25) is 0 Å². The van der Waals surface area contributed by atoms with E-state index < -0.39 is 0 Å². The monoisotopic (exact) mass is 515 g/mol. The zero-order valence-electron chi connectivity index (χ0n) is 18.5. The van der Waals surface area contributed by atoms with Gasteiger partial charge in [-0.15, -0.1) is 0 Å². The second kappa shape index (κ2) is 9.15. The summed E-state index contributed by atoms with van der Waals surface area (Å²) < 4.78 is 7.92. The first-order chi connectivity index (χ1) is 16.5. The number of nitrogens with zero attached hydrogens (tertiary/aromatic N) is 3. The third kappa shape index (κ3) is 4.08. The van der Waals surface area contributed by atoms with Gasteiger partial charge in [-0.2, -0.15) is 0 Å². The molecule has 0 fully saturated rings. The van der Waals surface area contributed by atoms with Gasteiger partial charge >= 0.3 is 0 Å². The lowest BCUT2D eigenvalue weighted by atomic mass is 10.1. The average molecular weight is 516 g/mol. The smallest absolute Gasteiger partial charge is 0.257 e. The first-order valence-corrected chi connectivity index (χ1v) is 11.6. The normalized spacial score (nSPS) is 11.1. The molecule has 0 radical (unpaired) electrons. The van der Waals surface area contributed by atoms with Crippen molar-refractivity contribution in [2.75, 3.05) is 19.4 Å². The minimum absolute atomic E-state index is 0.281. The highest BCUT2D eigenvalue weighted by molar-refractivity contribution is 9.10. The van der Waals surface area contributed by atoms with Crippen LogP contribution < -0.4 is 15.8 Å². The van der Waals surface area contributed by atoms with Crippen LogP contribution in [-0.4, -0.2) is 34.1 Å². The number of methoxy groups -OCH3 is 1. The number of hydrogen-bond donors (Lipinski definition) is 2. The standard InChI is InChI=1S/C26H22BrN5O2/c1-34-19-12-6-16(7-13-19)14-15-29-26(33)22-23-25(31-21-5-3-2-4-20(21)30-23)32(24(22)28)18-10-8-17(27)9-11-18/h2-13H,14-15,28H2,1H3,(H,29,33). The van der Waals surface area contributed by atoms with E-state index in [2.05, 4.69) is 21.2 Å². The molecule has 1 amide bonds. The Hall–Kier alpha value is -3.91. The zero-order valence-corrected chi connectivity index (χ0v) is 20.0. The van der Waals surface area contributed by atoms with Crippen LogP contribution in [0.1, 0.15) is 15.9 Å². The number of carbonyl (C=O) groups is 1. The van der Waals surface area contributed by atoms with Crippen molar-refractivity contribution in [3.63, 3.8) is 0 Å². The molecular weight excluding hydrogens is 494 g/mol. The first-order valence-electron chi connectivity index (χ1n) is 10.8. The first kappa shape index (κ1) is 21.9. The molecule has 5 rings (SSSR count). The Morgan fingerprint density at radius 3 is 2.35 bits per heavy atom. The van der Waals surface area contributed by atoms with Gasteiger partial charge in [0.15, 0.2) is 5.65 Å². The van der Waals surface area contributed by atoms with Crippen LogP contribution in [0, 0.1) is 0 Å². The molecule has 2 heterocycles. The molecule has 3 N–H and O–H groups in total. The number of halogens is 1. The number of para-hydroxylation sites is 2. The number of anilines is 1. The molecule has 0 bridgehead atoms. The van der Waals surface area contributed by atoms with Gasteiger partial charge in [-0.25, -0.2) is 9.97 Å². The number of hydrogen-bond acceptors (Lipinski definition) is 5. The molecule has 170 valence electrons. The molecule has 0 saturated heterocycles. The number of carbonyl (C=O) groups excluding carboxylic acids is 1. The van der Waals surface area contributed by atoms with Gasteiger partial charge < -0.3 is 15.8 Å². The quantitative estimate of drug-likeness (QED) is 0.335. The Morgan fingerprint density at radius 1 is 1.00 bits per heavy atom. The highest BCUT2D eigenvalue weighted by atomic mass is 79.9. The van der Waals surface area contributed by atoms with E-state index >= 15 is 0 Å². The summed E-state index contributed by atoms with van der Waals surface area (Å²) in [6.45, 7) is 0.455. The highest BCUT2D eigenvalue weighted by Gasteiger charge is 2.24. The number of fused-ring (bicyclic) bond motifs is 2. The molecule has 0 aliphatic carbocycles. The number of nitrogen functional groups attached to an aromatic ring is 1. The van der Waals surface area contributed by atoms with Crippen molar-refractivity contribution in [1.82, 2.24) is 19.9 Å². The maximum Gasteiger partial charge on any atom is 0.257 e. The second-order valence-corrected chi connectivity index (χ2v) is 8.73. The second-order valence-electron chi connectivity index (χ2n) is 7.81. The molecule has 0 saturated carbocycles. The van der Waals surface area contributed by atoms with E-state index in [9.17, 15) is 4.79 Å². The number of ether oxygens (including phenoxy) is 1. The lowest BCUT2D eigenvalue weighted by molar-refractivity contribution is 0.0956. The maximum absolute atomic E-state index is 13.3. The number of amides is 1. The Balaban J connectivity index is 1.52. The molecule has 7 nitrogen and oxygen atoms in total. The molecule has 8 heteroatoms. The third-order valence-corrected chi connectivity index (χ3v) is 6.20. The summed E-state index contributed by atoms with van der Waals surface area (Å²) >= 11 is 3.46. The minimum atomic E-state index is -0.281. The van der Waals surface area contributed by atoms with Gasteiger partial charge in [0, 0.05) is 16.7 Å². The summed E-state index contributed by atoms with van der Waals surface area (Å²) in [5, 5.41) is 2.99. The van der Waals surface area contributed by atoms with Crippen molar-refractivity contribution < 1.29 is 9.53 Å². The Morgan fingerprint density at radius 2 is 1.68 bits per heavy atom. The van der Waals surface area contributed by atoms with Crippen molar-refractivity contribution in [1.29, 1.82) is 0 Å². The van der Waals surface area contributed by atoms with Crippen LogP contribution in [0.3, 0.4) is 0 Å². The van der Waals surface area contributed by atoms with Crippen molar-refractivity contribution >= 4 is 49.9 Å². The van der Waals surface area contributed by atoms with E-state index in [1.54, 1.807) is 11.7 Å². The Kier molecular flexibility index (Phi) is 5.90. The summed E-state index contributed by atoms with van der Waals surface area (Å²) in [5.74, 6) is 0.818. The molecule has 34 heavy (non-hydrogen) atoms. The molecular formula is C26H22BrN5O2. The number of aromatic nitrogens is 3. The summed E-state index contributed by atoms with van der Waals surface area (Å²) in [6, 6.07) is 23.0. The number of nitrogens with two attached hydrogens (primary N) is 1. The van der Waals surface area contributed by atoms with Gasteiger partial charge in [0.1, 0.15) is 22.6 Å². The summed E-state index contributed by atoms with van der Waals surface area (Å²) in [5.41, 5.74) is 11.2. The van der Waals surface area contributed by atoms with Crippen LogP contribution in [0.25, 0.3) is 27.9 Å². The predicted octanol–water partition coefficient (Wildman–Crippen LogP) is 4.90. The predicted molar refractivity (Wildman–Crippen MR) is 138 cm³/mol. The van der Waals surface area contributed by atoms with Crippen molar-refractivity contribution in [2.45, 2.75) is 6.42 Å². The average Bonchev–Trinajstić information content (AvgIpc) is 3.14. The van der Waals surface area contributed by atoms with Gasteiger partial charge in [0.25, 0.3) is 5.91 Å². The fourth-order valence-electron chi connectivity index (χ4n) is 3.94. The summed E-state index contributed by atoms with van der Waals surface area (Å²) in [6.07, 6.45) is 0.676. The van der Waals surface area contributed by atoms with Crippen LogP contribution in [0.4, 0.5) is 5.82 Å². The lowest BCUT2D eigenvalue weighted by Crippen LogP contribution is -2.26. The highest BCUT2D eigenvalue weighted by Crippen LogP contribution is 2.31. The molecule has 0 spiro atoms. The van der Waals surface area contributed by atoms with E-state index in [4.69, 9.17) is 20.4 Å². The fourth-order valence-corrected chi connectivity index (χ4v) is 4.20. The van der Waals surface area contributed by atoms with Gasteiger partial charge in [0.05, 0.1) is 18.1 Å². The van der Waals surface area contributed by atoms with E-state index in [0.29, 0.717) is 41.0 Å². The van der Waals surface area contributed by atoms with E-state index in [-0.39, 0.29) is 5.91 Å².